The van der Waals surface area contributed by atoms with Crippen molar-refractivity contribution in [2.24, 2.45) is 0 Å². The molecule has 0 aliphatic carbocycles. The number of hydrogen-bond donors (Lipinski definition) is 0. The second-order valence-electron chi connectivity index (χ2n) is 11.9. The number of hydrogen-bond acceptors (Lipinski definition) is 4. The molecule has 45 heavy (non-hydrogen) atoms. The van der Waals surface area contributed by atoms with Crippen LogP contribution < -0.4 is 0 Å². The van der Waals surface area contributed by atoms with E-state index in [0.717, 1.165) is 16.7 Å². The van der Waals surface area contributed by atoms with Crippen LogP contribution in [0.25, 0.3) is 0 Å². The molecule has 1 saturated heterocycles. The Morgan fingerprint density at radius 1 is 0.422 bits per heavy atom. The van der Waals surface area contributed by atoms with Crippen LogP contribution in [-0.2, 0) is 30.2 Å². The van der Waals surface area contributed by atoms with E-state index in [4.69, 9.17) is 9.78 Å². The summed E-state index contributed by atoms with van der Waals surface area (Å²) in [5, 5.41) is 0. The Labute approximate surface area is 264 Å². The zero-order valence-electron chi connectivity index (χ0n) is 24.1. The molecule has 0 bridgehead atoms. The van der Waals surface area contributed by atoms with E-state index >= 15 is 0 Å². The Morgan fingerprint density at radius 3 is 1.07 bits per heavy atom. The maximum absolute atomic E-state index is 14.8. The molecule has 4 aliphatic rings. The van der Waals surface area contributed by atoms with Gasteiger partial charge in [-0.2, -0.15) is 0 Å². The van der Waals surface area contributed by atoms with Crippen molar-refractivity contribution in [1.29, 1.82) is 0 Å². The average Bonchev–Trinajstić information content (AvgIpc) is 4.06. The van der Waals surface area contributed by atoms with E-state index in [2.05, 4.69) is 6.08 Å². The summed E-state index contributed by atoms with van der Waals surface area (Å²) in [5.74, 6) is -1.33. The Kier molecular flexibility index (Phi) is 5.60. The van der Waals surface area contributed by atoms with E-state index in [-0.39, 0.29) is 0 Å². The van der Waals surface area contributed by atoms with Gasteiger partial charge >= 0.3 is 266 Å². The summed E-state index contributed by atoms with van der Waals surface area (Å²) in [4.78, 5) is 41.2. The second kappa shape index (κ2) is 9.53. The number of carbonyl (C=O) groups is 2. The third-order valence-electron chi connectivity index (χ3n) is 9.91. The number of fused-ring (bicyclic) bond motifs is 1. The van der Waals surface area contributed by atoms with Gasteiger partial charge in [-0.05, 0) is 0 Å². The second-order valence-corrected chi connectivity index (χ2v) is 22.0. The van der Waals surface area contributed by atoms with Gasteiger partial charge < -0.3 is 0 Å². The van der Waals surface area contributed by atoms with Crippen molar-refractivity contribution in [3.63, 3.8) is 0 Å². The molecule has 1 unspecified atom stereocenters. The van der Waals surface area contributed by atoms with Crippen molar-refractivity contribution in [3.05, 3.63) is 205 Å². The molecule has 4 aliphatic heterocycles. The van der Waals surface area contributed by atoms with E-state index in [9.17, 15) is 9.59 Å². The van der Waals surface area contributed by atoms with E-state index in [0.29, 0.717) is 16.7 Å². The first-order chi connectivity index (χ1) is 22.2. The van der Waals surface area contributed by atoms with Crippen LogP contribution in [-0.4, -0.2) is 30.3 Å². The Hall–Kier alpha value is -4.94. The summed E-state index contributed by atoms with van der Waals surface area (Å²) in [5.41, 5.74) is 2.02. The fourth-order valence-corrected chi connectivity index (χ4v) is 26.0. The van der Waals surface area contributed by atoms with Gasteiger partial charge in [0.15, 0.2) is 0 Å². The number of carbonyl (C=O) groups excluding carboxylic acids is 2. The van der Waals surface area contributed by atoms with Gasteiger partial charge in [0, 0.05) is 0 Å². The van der Waals surface area contributed by atoms with Gasteiger partial charge in [-0.15, -0.1) is 0 Å². The normalized spacial score (nSPS) is 18.4. The average molecular weight is 689 g/mol. The first kappa shape index (κ1) is 26.5. The van der Waals surface area contributed by atoms with Crippen LogP contribution in [0.1, 0.15) is 27.8 Å². The minimum atomic E-state index is -2.38. The number of allylic oxidation sites excluding steroid dienone is 5. The number of benzene rings is 5. The quantitative estimate of drug-likeness (QED) is 0.0750. The van der Waals surface area contributed by atoms with Crippen molar-refractivity contribution in [3.8, 4) is 0 Å². The molecule has 4 heterocycles. The zero-order chi connectivity index (χ0) is 30.2. The summed E-state index contributed by atoms with van der Waals surface area (Å²) in [6.45, 7) is 0. The monoisotopic (exact) mass is 690 g/mol. The van der Waals surface area contributed by atoms with Crippen LogP contribution in [0.4, 0.5) is 0 Å². The molecule has 1 atom stereocenters. The van der Waals surface area contributed by atoms with E-state index < -0.39 is 41.1 Å². The standard InChI is InChI=1S/C40H26O4.Sn/c41-37(39(31-19-7-1-8-20-31,32-21-9-2-10-22-32)33-23-11-3-12-24-33)43-44-38(42)40(34-25-13-4-14-26-34,35-27-15-5-16-28-35)36-29-17-6-18-30-36;/h1-5,7-16,19-29H;. The molecule has 1 fully saturated rings. The summed E-state index contributed by atoms with van der Waals surface area (Å²) in [7, 11) is 0. The molecule has 4 nitrogen and oxygen atoms in total. The van der Waals surface area contributed by atoms with Gasteiger partial charge in [-0.3, -0.25) is 0 Å². The van der Waals surface area contributed by atoms with Gasteiger partial charge in [-0.25, -0.2) is 0 Å². The molecule has 9 rings (SSSR count). The van der Waals surface area contributed by atoms with Crippen molar-refractivity contribution in [2.75, 3.05) is 0 Å². The fourth-order valence-electron chi connectivity index (χ4n) is 7.74. The fraction of sp³-hybridized carbons (Fsp3) is 0.0500. The Balaban J connectivity index is 1.17. The predicted molar refractivity (Wildman–Crippen MR) is 173 cm³/mol. The van der Waals surface area contributed by atoms with E-state index in [1.807, 2.05) is 152 Å². The molecule has 5 aromatic carbocycles. The van der Waals surface area contributed by atoms with Crippen LogP contribution in [0, 0.1) is 0 Å². The molecular weight excluding hydrogens is 663 g/mol. The van der Waals surface area contributed by atoms with Gasteiger partial charge in [0.1, 0.15) is 0 Å². The van der Waals surface area contributed by atoms with Crippen molar-refractivity contribution in [2.45, 2.75) is 10.8 Å². The molecule has 0 aromatic heterocycles. The van der Waals surface area contributed by atoms with Crippen molar-refractivity contribution >= 4 is 30.3 Å². The van der Waals surface area contributed by atoms with Crippen LogP contribution >= 0.6 is 0 Å². The molecule has 214 valence electrons. The van der Waals surface area contributed by atoms with Gasteiger partial charge in [0.2, 0.25) is 0 Å². The predicted octanol–water partition coefficient (Wildman–Crippen LogP) is 7.19. The minimum absolute atomic E-state index is 0.631. The van der Waals surface area contributed by atoms with Crippen LogP contribution in [0.3, 0.4) is 0 Å². The topological polar surface area (TPSA) is 52.6 Å². The maximum atomic E-state index is 14.8. The number of rotatable bonds is 8. The first-order valence-corrected chi connectivity index (χ1v) is 20.8. The molecular formula is C40H26O4Sn. The molecule has 0 radical (unpaired) electrons. The molecule has 0 N–H and O–H groups in total. The van der Waals surface area contributed by atoms with Crippen LogP contribution in [0.2, 0.25) is 0 Å². The van der Waals surface area contributed by atoms with Gasteiger partial charge in [0.05, 0.1) is 0 Å². The molecule has 0 saturated carbocycles. The van der Waals surface area contributed by atoms with E-state index in [1.54, 1.807) is 7.18 Å². The van der Waals surface area contributed by atoms with Crippen LogP contribution in [0.15, 0.2) is 178 Å². The Bertz CT molecular complexity index is 1970. The van der Waals surface area contributed by atoms with Gasteiger partial charge in [-0.1, -0.05) is 0 Å². The van der Waals surface area contributed by atoms with Crippen molar-refractivity contribution < 1.29 is 19.4 Å². The van der Waals surface area contributed by atoms with Crippen molar-refractivity contribution in [1.82, 2.24) is 0 Å². The van der Waals surface area contributed by atoms with Crippen LogP contribution in [0.5, 0.6) is 0 Å². The van der Waals surface area contributed by atoms with Gasteiger partial charge in [0.25, 0.3) is 0 Å². The molecule has 1 spiro atoms. The van der Waals surface area contributed by atoms with E-state index in [1.165, 1.54) is 7.18 Å². The summed E-state index contributed by atoms with van der Waals surface area (Å²) in [6.07, 6.45) is 2.24. The Morgan fingerprint density at radius 2 is 0.756 bits per heavy atom. The third-order valence-corrected chi connectivity index (χ3v) is 22.0. The summed E-state index contributed by atoms with van der Waals surface area (Å²) >= 11 is -2.38. The third kappa shape index (κ3) is 3.38. The first-order valence-electron chi connectivity index (χ1n) is 15.1. The summed E-state index contributed by atoms with van der Waals surface area (Å²) in [6, 6.07) is 48.0. The SMILES string of the molecule is O=C(OOC(=O)C(c1ccccc1)(c1ccccc1)c1ccccc1)C(C1=C[C]2=[C]3[C]4=[C]1[Sn]234)(c1ccccc1)c1ccccc1. The summed E-state index contributed by atoms with van der Waals surface area (Å²) < 4.78 is 6.17. The molecule has 5 heteroatoms. The molecule has 5 aromatic rings. The zero-order valence-corrected chi connectivity index (χ0v) is 27.0. The molecule has 0 amide bonds.